The summed E-state index contributed by atoms with van der Waals surface area (Å²) in [6.07, 6.45) is 21.7. The molecule has 0 aromatic carbocycles. The van der Waals surface area contributed by atoms with Gasteiger partial charge in [0.05, 0.1) is 0 Å². The van der Waals surface area contributed by atoms with Crippen molar-refractivity contribution >= 4 is 6.19 Å². The van der Waals surface area contributed by atoms with E-state index in [0.29, 0.717) is 0 Å². The van der Waals surface area contributed by atoms with Crippen LogP contribution in [0.3, 0.4) is 0 Å². The van der Waals surface area contributed by atoms with Gasteiger partial charge in [-0.05, 0) is 23.7 Å². The number of halogens is 2. The Labute approximate surface area is 226 Å². The van der Waals surface area contributed by atoms with Crippen molar-refractivity contribution in [1.29, 1.82) is 0 Å². The van der Waals surface area contributed by atoms with E-state index in [1.165, 1.54) is 49.7 Å². The molecule has 2 aliphatic carbocycles. The predicted octanol–water partition coefficient (Wildman–Crippen LogP) is 3.36. The molecule has 0 nitrogen and oxygen atoms in total. The third-order valence-electron chi connectivity index (χ3n) is 5.03. The van der Waals surface area contributed by atoms with Gasteiger partial charge in [-0.2, -0.15) is 11.1 Å². The van der Waals surface area contributed by atoms with Crippen molar-refractivity contribution < 1.29 is 44.0 Å². The van der Waals surface area contributed by atoms with Crippen LogP contribution in [0.15, 0.2) is 34.4 Å². The number of hydrogen-bond donors (Lipinski definition) is 0. The molecule has 0 unspecified atom stereocenters. The van der Waals surface area contributed by atoms with Crippen LogP contribution in [0.1, 0.15) is 107 Å². The van der Waals surface area contributed by atoms with Crippen LogP contribution in [0.4, 0.5) is 0 Å². The Morgan fingerprint density at radius 3 is 1.22 bits per heavy atom. The van der Waals surface area contributed by atoms with Crippen molar-refractivity contribution in [2.45, 2.75) is 120 Å². The van der Waals surface area contributed by atoms with E-state index in [0.717, 1.165) is 12.8 Å². The second-order valence-corrected chi connectivity index (χ2v) is 17.5. The Kier molecular flexibility index (Phi) is 21.7. The Morgan fingerprint density at radius 1 is 0.750 bits per heavy atom. The summed E-state index contributed by atoms with van der Waals surface area (Å²) >= 11 is 2.27. The van der Waals surface area contributed by atoms with Crippen molar-refractivity contribution in [3.63, 3.8) is 0 Å². The van der Waals surface area contributed by atoms with Crippen molar-refractivity contribution in [2.75, 3.05) is 0 Å². The van der Waals surface area contributed by atoms with Gasteiger partial charge in [-0.15, -0.1) is 12.8 Å². The molecule has 0 aromatic heterocycles. The first-order valence-corrected chi connectivity index (χ1v) is 16.8. The first-order chi connectivity index (χ1) is 13.8. The maximum atomic E-state index is 3.48. The summed E-state index contributed by atoms with van der Waals surface area (Å²) in [5, 5.41) is 0. The third kappa shape index (κ3) is 17.9. The fourth-order valence-corrected chi connectivity index (χ4v) is 3.12. The minimum atomic E-state index is 0. The van der Waals surface area contributed by atoms with E-state index < -0.39 is 0 Å². The summed E-state index contributed by atoms with van der Waals surface area (Å²) < 4.78 is 0. The maximum absolute atomic E-state index is 3.48. The van der Waals surface area contributed by atoms with E-state index in [4.69, 9.17) is 0 Å². The van der Waals surface area contributed by atoms with Gasteiger partial charge in [0.1, 0.15) is 0 Å². The number of rotatable bonds is 6. The van der Waals surface area contributed by atoms with Crippen molar-refractivity contribution in [2.24, 2.45) is 10.8 Å². The summed E-state index contributed by atoms with van der Waals surface area (Å²) in [6.45, 7) is 22.6. The monoisotopic (exact) mass is 530 g/mol. The van der Waals surface area contributed by atoms with Gasteiger partial charge in [0, 0.05) is 0 Å². The molecule has 0 saturated carbocycles. The number of hydrogen-bond acceptors (Lipinski definition) is 0. The normalized spacial score (nSPS) is 14.9. The minimum absolute atomic E-state index is 0. The summed E-state index contributed by atoms with van der Waals surface area (Å²) in [5.74, 6) is 0. The molecule has 0 aliphatic heterocycles. The Balaban J connectivity index is -0.000000428. The Hall–Kier alpha value is 0.471. The molecule has 0 heterocycles. The Bertz CT molecular complexity index is 600. The van der Waals surface area contributed by atoms with Gasteiger partial charge >= 0.3 is 38.5 Å². The molecule has 184 valence electrons. The van der Waals surface area contributed by atoms with Crippen LogP contribution in [-0.2, 0) is 19.2 Å². The van der Waals surface area contributed by atoms with E-state index in [1.807, 2.05) is 0 Å². The van der Waals surface area contributed by atoms with E-state index >= 15 is 0 Å². The molecule has 0 bridgehead atoms. The van der Waals surface area contributed by atoms with Crippen LogP contribution in [-0.4, -0.2) is 6.19 Å². The summed E-state index contributed by atoms with van der Waals surface area (Å²) in [4.78, 5) is 0. The van der Waals surface area contributed by atoms with Gasteiger partial charge < -0.3 is 24.8 Å². The zero-order chi connectivity index (χ0) is 23.4. The van der Waals surface area contributed by atoms with Crippen molar-refractivity contribution in [3.05, 3.63) is 46.6 Å². The van der Waals surface area contributed by atoms with Gasteiger partial charge in [-0.3, -0.25) is 12.2 Å². The van der Waals surface area contributed by atoms with Crippen molar-refractivity contribution in [1.82, 2.24) is 0 Å². The minimum Gasteiger partial charge on any atom is -1.00 e. The molecule has 0 amide bonds. The third-order valence-corrected chi connectivity index (χ3v) is 5.03. The molecule has 0 N–H and O–H groups in total. The average Bonchev–Trinajstić information content (AvgIpc) is 3.27. The number of unbranched alkanes of at least 4 members (excludes halogenated alkanes) is 2. The molecule has 2 aliphatic rings. The smallest absolute Gasteiger partial charge is 1.00 e. The second kappa shape index (κ2) is 18.8. The molecule has 0 aromatic rings. The van der Waals surface area contributed by atoms with E-state index in [9.17, 15) is 0 Å². The SMILES string of the molecule is CCCCC1=CC(C(C)(C)C)=[C-]C1.CCCCC1=CC(C(C)(C)C)=[C-]C1.C[Si](C)=[Ti+2].[Cl-].[Cl-]. The molecule has 2 rings (SSSR count). The first kappa shape index (κ1) is 37.0. The van der Waals surface area contributed by atoms with Crippen molar-refractivity contribution in [3.8, 4) is 0 Å². The van der Waals surface area contributed by atoms with E-state index in [2.05, 4.69) is 112 Å². The number of allylic oxidation sites excluding steroid dienone is 8. The second-order valence-electron chi connectivity index (χ2n) is 10.8. The molecule has 4 heteroatoms. The largest absolute Gasteiger partial charge is 1.00 e. The zero-order valence-electron chi connectivity index (χ0n) is 22.6. The van der Waals surface area contributed by atoms with Gasteiger partial charge in [0.2, 0.25) is 0 Å². The van der Waals surface area contributed by atoms with Crippen LogP contribution in [0.25, 0.3) is 0 Å². The van der Waals surface area contributed by atoms with Crippen LogP contribution >= 0.6 is 0 Å². The molecule has 0 saturated heterocycles. The standard InChI is InChI=1S/2C13H21.C2H6Si.2ClH.Ti/c2*1-5-6-7-11-8-9-12(10-11)13(2,3)4;1-3-2;;;/h2*10H,5-8H2,1-4H3;1-2H3;2*1H;/q2*-1;;;;+2/p-2. The van der Waals surface area contributed by atoms with Gasteiger partial charge in [-0.25, -0.2) is 23.3 Å². The Morgan fingerprint density at radius 2 is 1.03 bits per heavy atom. The zero-order valence-corrected chi connectivity index (χ0v) is 26.6. The summed E-state index contributed by atoms with van der Waals surface area (Å²) in [7, 11) is 0. The maximum Gasteiger partial charge on any atom is -1.00 e. The van der Waals surface area contributed by atoms with Gasteiger partial charge in [-0.1, -0.05) is 81.1 Å². The fourth-order valence-electron chi connectivity index (χ4n) is 3.12. The average molecular weight is 532 g/mol. The van der Waals surface area contributed by atoms with Crippen LogP contribution in [0.5, 0.6) is 0 Å². The summed E-state index contributed by atoms with van der Waals surface area (Å²) in [5.41, 5.74) is 6.53. The van der Waals surface area contributed by atoms with Gasteiger partial charge in [0.25, 0.3) is 0 Å². The van der Waals surface area contributed by atoms with Gasteiger partial charge in [0.15, 0.2) is 0 Å². The van der Waals surface area contributed by atoms with Crippen LogP contribution < -0.4 is 24.8 Å². The topological polar surface area (TPSA) is 0 Å². The molecular weight excluding hydrogens is 483 g/mol. The van der Waals surface area contributed by atoms with E-state index in [-0.39, 0.29) is 41.8 Å². The fraction of sp³-hybridized carbons (Fsp3) is 0.714. The molecule has 0 fully saturated rings. The molecule has 0 radical (unpaired) electrons. The molecular formula is C28H48Cl2SiTi-2. The predicted molar refractivity (Wildman–Crippen MR) is 134 cm³/mol. The molecule has 0 atom stereocenters. The quantitative estimate of drug-likeness (QED) is 0.365. The van der Waals surface area contributed by atoms with E-state index in [1.54, 1.807) is 11.1 Å². The first-order valence-electron chi connectivity index (χ1n) is 11.9. The van der Waals surface area contributed by atoms with Crippen LogP contribution in [0.2, 0.25) is 13.1 Å². The molecule has 32 heavy (non-hydrogen) atoms. The van der Waals surface area contributed by atoms with Crippen LogP contribution in [0, 0.1) is 23.0 Å². The summed E-state index contributed by atoms with van der Waals surface area (Å²) in [6, 6.07) is 0. The molecule has 0 spiro atoms.